The van der Waals surface area contributed by atoms with Crippen molar-refractivity contribution >= 4 is 22.6 Å². The molecule has 4 fully saturated rings. The predicted octanol–water partition coefficient (Wildman–Crippen LogP) is 6.09. The molecule has 3 aromatic carbocycles. The molecule has 6 nitrogen and oxygen atoms in total. The fraction of sp³-hybridized carbons (Fsp3) is 0.419. The molecule has 0 radical (unpaired) electrons. The van der Waals surface area contributed by atoms with Crippen molar-refractivity contribution < 1.29 is 42.1 Å². The number of rotatable bonds is 7. The first-order valence-corrected chi connectivity index (χ1v) is 13.6. The highest BCUT2D eigenvalue weighted by Gasteiger charge is 2.61. The van der Waals surface area contributed by atoms with Crippen LogP contribution in [0.15, 0.2) is 54.6 Å². The number of nitrogens with one attached hydrogen (secondary N) is 1. The normalized spacial score (nSPS) is 27.5. The van der Waals surface area contributed by atoms with Gasteiger partial charge in [-0.2, -0.15) is 13.2 Å². The Morgan fingerprint density at radius 1 is 1.00 bits per heavy atom. The summed E-state index contributed by atoms with van der Waals surface area (Å²) in [6, 6.07) is 10.0. The molecule has 0 heterocycles. The van der Waals surface area contributed by atoms with E-state index in [0.717, 1.165) is 18.6 Å². The van der Waals surface area contributed by atoms with Gasteiger partial charge in [-0.3, -0.25) is 4.79 Å². The molecule has 0 saturated heterocycles. The Morgan fingerprint density at radius 3 is 2.29 bits per heavy atom. The number of halogens is 4. The lowest BCUT2D eigenvalue weighted by atomic mass is 9.46. The number of aliphatic carboxylic acids is 1. The van der Waals surface area contributed by atoms with Gasteiger partial charge in [-0.25, -0.2) is 9.18 Å². The minimum atomic E-state index is -4.49. The molecule has 4 aliphatic carbocycles. The third-order valence-corrected chi connectivity index (χ3v) is 9.05. The van der Waals surface area contributed by atoms with Gasteiger partial charge in [0.2, 0.25) is 0 Å². The van der Waals surface area contributed by atoms with E-state index >= 15 is 0 Å². The van der Waals surface area contributed by atoms with Gasteiger partial charge < -0.3 is 20.3 Å². The lowest BCUT2D eigenvalue weighted by Crippen LogP contribution is -2.64. The number of hydrogen-bond donors (Lipinski definition) is 3. The van der Waals surface area contributed by atoms with Crippen LogP contribution in [0.2, 0.25) is 0 Å². The number of amides is 1. The average Bonchev–Trinajstić information content (AvgIpc) is 2.88. The van der Waals surface area contributed by atoms with E-state index < -0.39 is 46.5 Å². The number of carbonyl (C=O) groups is 2. The van der Waals surface area contributed by atoms with Crippen LogP contribution in [0.3, 0.4) is 0 Å². The summed E-state index contributed by atoms with van der Waals surface area (Å²) in [4.78, 5) is 26.3. The van der Waals surface area contributed by atoms with E-state index in [-0.39, 0.29) is 29.8 Å². The topological polar surface area (TPSA) is 95.9 Å². The summed E-state index contributed by atoms with van der Waals surface area (Å²) in [5.74, 6) is -1.91. The number of ether oxygens (including phenoxy) is 1. The molecule has 3 atom stereocenters. The number of benzene rings is 3. The minimum Gasteiger partial charge on any atom is -0.487 e. The summed E-state index contributed by atoms with van der Waals surface area (Å²) in [7, 11) is 0. The second-order valence-electron chi connectivity index (χ2n) is 12.1. The van der Waals surface area contributed by atoms with Crippen molar-refractivity contribution in [2.45, 2.75) is 63.0 Å². The minimum absolute atomic E-state index is 0.0192. The van der Waals surface area contributed by atoms with Crippen LogP contribution in [0.1, 0.15) is 60.0 Å². The maximum atomic E-state index is 14.0. The van der Waals surface area contributed by atoms with Gasteiger partial charge in [0, 0.05) is 10.8 Å². The lowest BCUT2D eigenvalue weighted by molar-refractivity contribution is -0.181. The molecule has 3 N–H and O–H groups in total. The summed E-state index contributed by atoms with van der Waals surface area (Å²) in [6.07, 6.45) is -0.721. The largest absolute Gasteiger partial charge is 0.487 e. The molecule has 10 heteroatoms. The maximum Gasteiger partial charge on any atom is 0.416 e. The zero-order valence-corrected chi connectivity index (χ0v) is 22.0. The number of fused-ring (bicyclic) bond motifs is 1. The summed E-state index contributed by atoms with van der Waals surface area (Å²) in [5.41, 5.74) is -2.08. The fourth-order valence-electron chi connectivity index (χ4n) is 7.86. The smallest absolute Gasteiger partial charge is 0.416 e. The first-order valence-electron chi connectivity index (χ1n) is 13.6. The molecule has 0 spiro atoms. The van der Waals surface area contributed by atoms with Crippen LogP contribution in [-0.2, 0) is 17.6 Å². The van der Waals surface area contributed by atoms with Crippen LogP contribution in [0.5, 0.6) is 5.75 Å². The van der Waals surface area contributed by atoms with Gasteiger partial charge in [0.15, 0.2) is 0 Å². The van der Waals surface area contributed by atoms with Crippen LogP contribution in [-0.4, -0.2) is 33.7 Å². The first kappa shape index (κ1) is 27.5. The number of alkyl halides is 3. The third kappa shape index (κ3) is 5.14. The number of aliphatic hydroxyl groups is 1. The van der Waals surface area contributed by atoms with Gasteiger partial charge in [0.1, 0.15) is 24.2 Å². The Labute approximate surface area is 233 Å². The molecule has 4 aliphatic rings. The SMILES string of the molecule is O=C(N[C@H](C(=O)O)C12CC3CC(CC(O)(C3)C1)C2)c1ccc2cc(F)ccc2c1OCc1ccc(C(F)(F)F)cc1. The van der Waals surface area contributed by atoms with Crippen LogP contribution in [0, 0.1) is 23.1 Å². The number of carbonyl (C=O) groups excluding carboxylic acids is 1. The molecule has 3 aromatic rings. The van der Waals surface area contributed by atoms with Crippen molar-refractivity contribution in [3.8, 4) is 5.75 Å². The lowest BCUT2D eigenvalue weighted by Gasteiger charge is -2.61. The van der Waals surface area contributed by atoms with E-state index in [0.29, 0.717) is 48.4 Å². The molecular weight excluding hydrogens is 542 g/mol. The average molecular weight is 572 g/mol. The quantitative estimate of drug-likeness (QED) is 0.298. The number of hydrogen-bond acceptors (Lipinski definition) is 4. The standard InChI is InChI=1S/C31H29F4NO5/c32-22-6-8-23-20(10-22)3-7-24(25(23)41-15-17-1-4-21(5-2-17)31(33,34)35)27(37)36-26(28(38)39)29-11-18-9-19(12-29)14-30(40,13-18)16-29/h1-8,10,18-19,26,40H,9,11-16H2,(H,36,37)(H,38,39)/t18?,19?,26-,29?,30?/m1/s1. The highest BCUT2D eigenvalue weighted by molar-refractivity contribution is 6.05. The molecule has 1 amide bonds. The maximum absolute atomic E-state index is 14.0. The van der Waals surface area contributed by atoms with Crippen molar-refractivity contribution in [3.05, 3.63) is 77.1 Å². The monoisotopic (exact) mass is 571 g/mol. The van der Waals surface area contributed by atoms with Crippen molar-refractivity contribution in [3.63, 3.8) is 0 Å². The molecular formula is C31H29F4NO5. The molecule has 0 aliphatic heterocycles. The van der Waals surface area contributed by atoms with Gasteiger partial charge >= 0.3 is 12.1 Å². The van der Waals surface area contributed by atoms with Crippen LogP contribution in [0.25, 0.3) is 10.8 Å². The Balaban J connectivity index is 1.31. The van der Waals surface area contributed by atoms with Gasteiger partial charge in [0.05, 0.1) is 16.7 Å². The van der Waals surface area contributed by atoms with E-state index in [1.165, 1.54) is 42.5 Å². The Morgan fingerprint density at radius 2 is 1.68 bits per heavy atom. The zero-order chi connectivity index (χ0) is 29.2. The highest BCUT2D eigenvalue weighted by Crippen LogP contribution is 2.62. The van der Waals surface area contributed by atoms with E-state index in [4.69, 9.17) is 4.74 Å². The summed E-state index contributed by atoms with van der Waals surface area (Å²) < 4.78 is 58.9. The van der Waals surface area contributed by atoms with Crippen molar-refractivity contribution in [1.29, 1.82) is 0 Å². The molecule has 0 aromatic heterocycles. The number of carboxylic acids is 1. The van der Waals surface area contributed by atoms with Gasteiger partial charge in [-0.05, 0) is 97.7 Å². The summed E-state index contributed by atoms with van der Waals surface area (Å²) in [6.45, 7) is -0.183. The third-order valence-electron chi connectivity index (χ3n) is 9.05. The van der Waals surface area contributed by atoms with E-state index in [1.807, 2.05) is 0 Å². The van der Waals surface area contributed by atoms with Crippen molar-refractivity contribution in [1.82, 2.24) is 5.32 Å². The van der Waals surface area contributed by atoms with Crippen LogP contribution in [0.4, 0.5) is 17.6 Å². The van der Waals surface area contributed by atoms with Gasteiger partial charge in [-0.1, -0.05) is 18.2 Å². The molecule has 4 bridgehead atoms. The van der Waals surface area contributed by atoms with Crippen LogP contribution < -0.4 is 10.1 Å². The zero-order valence-electron chi connectivity index (χ0n) is 22.0. The van der Waals surface area contributed by atoms with Crippen molar-refractivity contribution in [2.24, 2.45) is 17.3 Å². The summed E-state index contributed by atoms with van der Waals surface area (Å²) >= 11 is 0. The predicted molar refractivity (Wildman–Crippen MR) is 141 cm³/mol. The second-order valence-corrected chi connectivity index (χ2v) is 12.1. The fourth-order valence-corrected chi connectivity index (χ4v) is 7.86. The summed E-state index contributed by atoms with van der Waals surface area (Å²) in [5, 5.41) is 25.0. The van der Waals surface area contributed by atoms with Gasteiger partial charge in [-0.15, -0.1) is 0 Å². The van der Waals surface area contributed by atoms with Crippen LogP contribution >= 0.6 is 0 Å². The van der Waals surface area contributed by atoms with E-state index in [9.17, 15) is 37.4 Å². The molecule has 216 valence electrons. The van der Waals surface area contributed by atoms with E-state index in [1.54, 1.807) is 0 Å². The Hall–Kier alpha value is -3.66. The molecule has 7 rings (SSSR count). The van der Waals surface area contributed by atoms with E-state index in [2.05, 4.69) is 5.32 Å². The Kier molecular flexibility index (Phi) is 6.52. The Bertz CT molecular complexity index is 1510. The molecule has 2 unspecified atom stereocenters. The van der Waals surface area contributed by atoms with Crippen molar-refractivity contribution in [2.75, 3.05) is 0 Å². The molecule has 41 heavy (non-hydrogen) atoms. The highest BCUT2D eigenvalue weighted by atomic mass is 19.4. The first-order chi connectivity index (χ1) is 19.3. The number of carboxylic acid groups (broad SMARTS) is 1. The second kappa shape index (κ2) is 9.72. The molecule has 4 saturated carbocycles. The van der Waals surface area contributed by atoms with Gasteiger partial charge in [0.25, 0.3) is 5.91 Å².